The normalized spacial score (nSPS) is 41.8. The Bertz CT molecular complexity index is 1340. The number of hydrogen-bond donors (Lipinski definition) is 0. The van der Waals surface area contributed by atoms with E-state index in [0.29, 0.717) is 34.9 Å². The van der Waals surface area contributed by atoms with Crippen LogP contribution in [0.25, 0.3) is 0 Å². The molecule has 2 aliphatic heterocycles. The Morgan fingerprint density at radius 3 is 2.00 bits per heavy atom. The molecule has 2 aromatic rings. The van der Waals surface area contributed by atoms with Gasteiger partial charge < -0.3 is 13.9 Å². The van der Waals surface area contributed by atoms with Crippen molar-refractivity contribution in [2.24, 2.45) is 34.0 Å². The van der Waals surface area contributed by atoms with E-state index in [1.54, 1.807) is 0 Å². The van der Waals surface area contributed by atoms with Crippen molar-refractivity contribution in [1.29, 1.82) is 0 Å². The number of epoxide rings is 2. The van der Waals surface area contributed by atoms with E-state index in [1.807, 2.05) is 0 Å². The molecule has 0 aromatic heterocycles. The fraction of sp³-hybridized carbons (Fsp3) is 0.707. The van der Waals surface area contributed by atoms with E-state index in [1.165, 1.54) is 55.3 Å². The molecule has 5 aliphatic rings. The van der Waals surface area contributed by atoms with E-state index in [4.69, 9.17) is 13.9 Å². The standard InChI is InChI=1S/C41H60O3Si/c1-36(2,3)45(29-17-12-10-13-18-29,30-19-14-11-15-20-30)42-28-35-40(8,43-35)26-22-32-39(7)25-21-31-37(4,5)23-16-24-38(31,6)33(39)27-34-41(32,9)44-34/h10-15,17-20,31-35H,16,21-28H2,1-9H3/t31-,32-,33+,34-,35?,38-,39-,40?,41+/m1/s1. The van der Waals surface area contributed by atoms with Gasteiger partial charge in [-0.3, -0.25) is 0 Å². The Hall–Kier alpha value is -1.46. The van der Waals surface area contributed by atoms with Crippen LogP contribution < -0.4 is 10.4 Å². The Morgan fingerprint density at radius 1 is 0.778 bits per heavy atom. The molecule has 0 spiro atoms. The fourth-order valence-electron chi connectivity index (χ4n) is 12.1. The van der Waals surface area contributed by atoms with Crippen molar-refractivity contribution in [3.05, 3.63) is 60.7 Å². The van der Waals surface area contributed by atoms with Crippen LogP contribution in [0.4, 0.5) is 0 Å². The largest absolute Gasteiger partial charge is 0.405 e. The molecule has 5 fully saturated rings. The van der Waals surface area contributed by atoms with Gasteiger partial charge in [0, 0.05) is 0 Å². The van der Waals surface area contributed by atoms with Crippen LogP contribution in [-0.4, -0.2) is 38.3 Å². The molecule has 9 atom stereocenters. The molecule has 0 N–H and O–H groups in total. The first-order valence-electron chi connectivity index (χ1n) is 18.2. The lowest BCUT2D eigenvalue weighted by atomic mass is 9.38. The van der Waals surface area contributed by atoms with Crippen molar-refractivity contribution in [2.45, 2.75) is 142 Å². The first kappa shape index (κ1) is 32.1. The summed E-state index contributed by atoms with van der Waals surface area (Å²) in [5, 5.41) is 2.65. The first-order valence-corrected chi connectivity index (χ1v) is 20.1. The number of fused-ring (bicyclic) bond motifs is 4. The molecule has 3 saturated carbocycles. The molecule has 0 radical (unpaired) electrons. The zero-order valence-corrected chi connectivity index (χ0v) is 30.7. The van der Waals surface area contributed by atoms with Gasteiger partial charge in [-0.1, -0.05) is 116 Å². The van der Waals surface area contributed by atoms with Crippen LogP contribution in [-0.2, 0) is 13.9 Å². The maximum atomic E-state index is 7.31. The van der Waals surface area contributed by atoms with Crippen molar-refractivity contribution < 1.29 is 13.9 Å². The van der Waals surface area contributed by atoms with Crippen molar-refractivity contribution in [3.8, 4) is 0 Å². The minimum atomic E-state index is -2.58. The lowest BCUT2D eigenvalue weighted by Crippen LogP contribution is -2.67. The van der Waals surface area contributed by atoms with Gasteiger partial charge in [-0.2, -0.15) is 0 Å². The van der Waals surface area contributed by atoms with Crippen molar-refractivity contribution in [2.75, 3.05) is 6.61 Å². The van der Waals surface area contributed by atoms with Crippen molar-refractivity contribution >= 4 is 18.7 Å². The van der Waals surface area contributed by atoms with E-state index in [2.05, 4.69) is 123 Å². The molecule has 7 rings (SSSR count). The summed E-state index contributed by atoms with van der Waals surface area (Å²) in [5.74, 6) is 2.19. The number of benzene rings is 2. The molecule has 2 aromatic carbocycles. The van der Waals surface area contributed by atoms with E-state index >= 15 is 0 Å². The Kier molecular flexibility index (Phi) is 7.50. The maximum Gasteiger partial charge on any atom is 0.261 e. The monoisotopic (exact) mass is 628 g/mol. The summed E-state index contributed by atoms with van der Waals surface area (Å²) < 4.78 is 20.6. The molecule has 0 bridgehead atoms. The van der Waals surface area contributed by atoms with Crippen LogP contribution in [0, 0.1) is 34.0 Å². The number of ether oxygens (including phenoxy) is 2. The summed E-state index contributed by atoms with van der Waals surface area (Å²) in [6, 6.07) is 22.0. The van der Waals surface area contributed by atoms with E-state index < -0.39 is 8.32 Å². The van der Waals surface area contributed by atoms with Gasteiger partial charge in [0.05, 0.1) is 23.9 Å². The molecule has 2 saturated heterocycles. The first-order chi connectivity index (χ1) is 21.1. The van der Waals surface area contributed by atoms with E-state index in [0.717, 1.165) is 18.3 Å². The van der Waals surface area contributed by atoms with Gasteiger partial charge in [0.1, 0.15) is 6.10 Å². The molecule has 3 aliphatic carbocycles. The minimum absolute atomic E-state index is 0.0255. The molecule has 0 amide bonds. The van der Waals surface area contributed by atoms with Crippen LogP contribution in [0.1, 0.15) is 114 Å². The van der Waals surface area contributed by atoms with Gasteiger partial charge in [-0.05, 0) is 108 Å². The van der Waals surface area contributed by atoms with Crippen molar-refractivity contribution in [3.63, 3.8) is 0 Å². The summed E-state index contributed by atoms with van der Waals surface area (Å²) in [7, 11) is -2.58. The minimum Gasteiger partial charge on any atom is -0.405 e. The zero-order valence-electron chi connectivity index (χ0n) is 29.7. The van der Waals surface area contributed by atoms with E-state index in [-0.39, 0.29) is 22.3 Å². The molecule has 3 nitrogen and oxygen atoms in total. The Balaban J connectivity index is 1.09. The molecule has 4 heteroatoms. The SMILES string of the molecule is CC1(CC[C@@H]2[C@@]3(C)CC[C@@H]4C(C)(C)CCC[C@@]4(C)[C@@H]3C[C@H]3O[C@@]23C)OC1CO[Si](c1ccccc1)(c1ccccc1)C(C)(C)C. The van der Waals surface area contributed by atoms with Gasteiger partial charge in [0.2, 0.25) is 0 Å². The van der Waals surface area contributed by atoms with Gasteiger partial charge in [0.15, 0.2) is 0 Å². The summed E-state index contributed by atoms with van der Waals surface area (Å²) in [5.41, 5.74) is 1.16. The third-order valence-electron chi connectivity index (χ3n) is 14.6. The fourth-order valence-corrected chi connectivity index (χ4v) is 16.7. The Morgan fingerprint density at radius 2 is 1.40 bits per heavy atom. The number of rotatable bonds is 8. The average Bonchev–Trinajstić information content (AvgIpc) is 3.85. The van der Waals surface area contributed by atoms with Crippen molar-refractivity contribution in [1.82, 2.24) is 0 Å². The van der Waals surface area contributed by atoms with Crippen LogP contribution in [0.2, 0.25) is 5.04 Å². The highest BCUT2D eigenvalue weighted by Crippen LogP contribution is 2.73. The lowest BCUT2D eigenvalue weighted by Gasteiger charge is -2.66. The second kappa shape index (κ2) is 10.5. The Labute approximate surface area is 275 Å². The maximum absolute atomic E-state index is 7.31. The molecule has 2 heterocycles. The third kappa shape index (κ3) is 4.89. The van der Waals surface area contributed by atoms with Crippen LogP contribution in [0.3, 0.4) is 0 Å². The highest BCUT2D eigenvalue weighted by atomic mass is 28.4. The predicted octanol–water partition coefficient (Wildman–Crippen LogP) is 8.93. The van der Waals surface area contributed by atoms with Crippen LogP contribution in [0.5, 0.6) is 0 Å². The van der Waals surface area contributed by atoms with E-state index in [9.17, 15) is 0 Å². The molecular formula is C41H60O3Si. The van der Waals surface area contributed by atoms with Gasteiger partial charge in [-0.25, -0.2) is 0 Å². The summed E-state index contributed by atoms with van der Waals surface area (Å²) in [6.07, 6.45) is 11.1. The average molecular weight is 629 g/mol. The lowest BCUT2D eigenvalue weighted by molar-refractivity contribution is -0.165. The van der Waals surface area contributed by atoms with Crippen LogP contribution in [0.15, 0.2) is 60.7 Å². The topological polar surface area (TPSA) is 34.3 Å². The number of hydrogen-bond acceptors (Lipinski definition) is 3. The van der Waals surface area contributed by atoms with Gasteiger partial charge in [0.25, 0.3) is 8.32 Å². The smallest absolute Gasteiger partial charge is 0.261 e. The second-order valence-corrected chi connectivity index (χ2v) is 22.8. The summed E-state index contributed by atoms with van der Waals surface area (Å²) >= 11 is 0. The quantitative estimate of drug-likeness (QED) is 0.216. The zero-order chi connectivity index (χ0) is 32.1. The van der Waals surface area contributed by atoms with Gasteiger partial charge >= 0.3 is 0 Å². The molecule has 45 heavy (non-hydrogen) atoms. The summed E-state index contributed by atoms with van der Waals surface area (Å²) in [4.78, 5) is 0. The highest BCUT2D eigenvalue weighted by molar-refractivity contribution is 6.99. The highest BCUT2D eigenvalue weighted by Gasteiger charge is 2.72. The van der Waals surface area contributed by atoms with Gasteiger partial charge in [-0.15, -0.1) is 0 Å². The second-order valence-electron chi connectivity index (χ2n) is 18.5. The third-order valence-corrected chi connectivity index (χ3v) is 19.6. The molecular weight excluding hydrogens is 569 g/mol. The molecule has 2 unspecified atom stereocenters. The predicted molar refractivity (Wildman–Crippen MR) is 188 cm³/mol. The molecule has 246 valence electrons. The van der Waals surface area contributed by atoms with Crippen LogP contribution >= 0.6 is 0 Å². The summed E-state index contributed by atoms with van der Waals surface area (Å²) in [6.45, 7) is 23.0.